The van der Waals surface area contributed by atoms with Crippen LogP contribution in [0.15, 0.2) is 18.3 Å². The van der Waals surface area contributed by atoms with E-state index in [1.165, 1.54) is 32.1 Å². The van der Waals surface area contributed by atoms with Gasteiger partial charge in [0.2, 0.25) is 0 Å². The minimum atomic E-state index is -0.567. The molecule has 0 unspecified atom stereocenters. The summed E-state index contributed by atoms with van der Waals surface area (Å²) >= 11 is 0. The van der Waals surface area contributed by atoms with Gasteiger partial charge < -0.3 is 9.47 Å². The molecule has 0 N–H and O–H groups in total. The quantitative estimate of drug-likeness (QED) is 0.484. The topological polar surface area (TPSA) is 66.2 Å². The van der Waals surface area contributed by atoms with E-state index in [-0.39, 0.29) is 5.78 Å². The lowest BCUT2D eigenvalue weighted by Gasteiger charge is -2.25. The number of carbonyl (C=O) groups excluding carboxylic acids is 1. The Kier molecular flexibility index (Phi) is 9.70. The highest BCUT2D eigenvalue weighted by Crippen LogP contribution is 2.14. The first-order chi connectivity index (χ1) is 13.1. The molecule has 152 valence electrons. The molecule has 1 aromatic heterocycles. The maximum atomic E-state index is 12.1. The molecule has 1 aromatic rings. The zero-order chi connectivity index (χ0) is 19.5. The van der Waals surface area contributed by atoms with E-state index in [4.69, 9.17) is 9.47 Å². The smallest absolute Gasteiger partial charge is 0.186 e. The molecule has 0 saturated carbocycles. The van der Waals surface area contributed by atoms with Crippen molar-refractivity contribution in [1.82, 2.24) is 15.0 Å². The molecule has 0 amide bonds. The van der Waals surface area contributed by atoms with Gasteiger partial charge in [-0.15, -0.1) is 5.10 Å². The van der Waals surface area contributed by atoms with Crippen molar-refractivity contribution in [3.8, 4) is 0 Å². The summed E-state index contributed by atoms with van der Waals surface area (Å²) in [5.41, 5.74) is 0.981. The molecule has 2 heterocycles. The highest BCUT2D eigenvalue weighted by molar-refractivity contribution is 5.94. The molecule has 2 atom stereocenters. The minimum absolute atomic E-state index is 0.0494. The predicted molar refractivity (Wildman–Crippen MR) is 105 cm³/mol. The zero-order valence-corrected chi connectivity index (χ0v) is 17.1. The Balaban J connectivity index is 1.73. The molecule has 1 aliphatic rings. The van der Waals surface area contributed by atoms with E-state index in [0.29, 0.717) is 19.1 Å². The van der Waals surface area contributed by atoms with E-state index in [2.05, 4.69) is 31.1 Å². The summed E-state index contributed by atoms with van der Waals surface area (Å²) in [6.07, 6.45) is 13.6. The van der Waals surface area contributed by atoms with E-state index in [1.54, 1.807) is 16.8 Å². The van der Waals surface area contributed by atoms with E-state index in [1.807, 2.05) is 6.20 Å². The van der Waals surface area contributed by atoms with Crippen LogP contribution in [0.25, 0.3) is 0 Å². The van der Waals surface area contributed by atoms with Crippen LogP contribution in [0.4, 0.5) is 0 Å². The molecule has 6 nitrogen and oxygen atoms in total. The monoisotopic (exact) mass is 377 g/mol. The molecule has 0 saturated heterocycles. The number of hydrogen-bond donors (Lipinski definition) is 0. The highest BCUT2D eigenvalue weighted by atomic mass is 16.7. The van der Waals surface area contributed by atoms with Gasteiger partial charge in [-0.25, -0.2) is 4.68 Å². The summed E-state index contributed by atoms with van der Waals surface area (Å²) in [6.45, 7) is 7.53. The molecule has 2 rings (SSSR count). The van der Waals surface area contributed by atoms with Crippen molar-refractivity contribution in [2.75, 3.05) is 6.61 Å². The predicted octanol–water partition coefficient (Wildman–Crippen LogP) is 4.09. The van der Waals surface area contributed by atoms with Crippen LogP contribution in [0.3, 0.4) is 0 Å². The second-order valence-electron chi connectivity index (χ2n) is 7.76. The molecule has 1 aliphatic heterocycles. The summed E-state index contributed by atoms with van der Waals surface area (Å²) in [5, 5.41) is 8.38. The normalized spacial score (nSPS) is 19.9. The van der Waals surface area contributed by atoms with Crippen molar-refractivity contribution in [1.29, 1.82) is 0 Å². The summed E-state index contributed by atoms with van der Waals surface area (Å²) in [6, 6.07) is 0. The van der Waals surface area contributed by atoms with Gasteiger partial charge in [0.15, 0.2) is 12.1 Å². The molecule has 6 heteroatoms. The Bertz CT molecular complexity index is 583. The fourth-order valence-electron chi connectivity index (χ4n) is 3.00. The molecule has 0 radical (unpaired) electrons. The first-order valence-corrected chi connectivity index (χ1v) is 10.5. The first-order valence-electron chi connectivity index (χ1n) is 10.5. The molecule has 0 bridgehead atoms. The van der Waals surface area contributed by atoms with Crippen LogP contribution < -0.4 is 0 Å². The SMILES string of the molecule is CCCCCCCCc1cn(C[C@H]2O[C@H](OCCC(C)C)C=CC2=O)nn1. The summed E-state index contributed by atoms with van der Waals surface area (Å²) < 4.78 is 13.2. The lowest BCUT2D eigenvalue weighted by atomic mass is 10.1. The number of carbonyl (C=O) groups is 1. The van der Waals surface area contributed by atoms with Crippen LogP contribution in [0.5, 0.6) is 0 Å². The Morgan fingerprint density at radius 2 is 2.00 bits per heavy atom. The number of rotatable bonds is 13. The second-order valence-corrected chi connectivity index (χ2v) is 7.76. The average molecular weight is 378 g/mol. The van der Waals surface area contributed by atoms with Crippen LogP contribution >= 0.6 is 0 Å². The highest BCUT2D eigenvalue weighted by Gasteiger charge is 2.26. The van der Waals surface area contributed by atoms with Gasteiger partial charge in [0.25, 0.3) is 0 Å². The number of ketones is 1. The Morgan fingerprint density at radius 3 is 2.78 bits per heavy atom. The molecular weight excluding hydrogens is 342 g/mol. The Labute approximate surface area is 163 Å². The number of hydrogen-bond acceptors (Lipinski definition) is 5. The van der Waals surface area contributed by atoms with Crippen LogP contribution in [0.2, 0.25) is 0 Å². The summed E-state index contributed by atoms with van der Waals surface area (Å²) in [5.74, 6) is 0.530. The third-order valence-electron chi connectivity index (χ3n) is 4.74. The number of aromatic nitrogens is 3. The van der Waals surface area contributed by atoms with Crippen LogP contribution in [0.1, 0.15) is 71.4 Å². The van der Waals surface area contributed by atoms with Gasteiger partial charge in [0, 0.05) is 6.20 Å². The third kappa shape index (κ3) is 8.35. The molecule has 0 aromatic carbocycles. The van der Waals surface area contributed by atoms with Crippen molar-refractivity contribution < 1.29 is 14.3 Å². The second kappa shape index (κ2) is 12.0. The van der Waals surface area contributed by atoms with Crippen molar-refractivity contribution in [2.24, 2.45) is 5.92 Å². The lowest BCUT2D eigenvalue weighted by molar-refractivity contribution is -0.166. The van der Waals surface area contributed by atoms with Gasteiger partial charge in [0.05, 0.1) is 18.8 Å². The van der Waals surface area contributed by atoms with Crippen molar-refractivity contribution in [3.05, 3.63) is 24.0 Å². The van der Waals surface area contributed by atoms with Gasteiger partial charge in [-0.05, 0) is 37.3 Å². The Hall–Kier alpha value is -1.53. The number of unbranched alkanes of at least 4 members (excludes halogenated alkanes) is 5. The number of nitrogens with zero attached hydrogens (tertiary/aromatic N) is 3. The maximum absolute atomic E-state index is 12.1. The maximum Gasteiger partial charge on any atom is 0.186 e. The number of ether oxygens (including phenoxy) is 2. The van der Waals surface area contributed by atoms with Crippen molar-refractivity contribution in [2.45, 2.75) is 91.1 Å². The molecule has 0 spiro atoms. The van der Waals surface area contributed by atoms with E-state index >= 15 is 0 Å². The fourth-order valence-corrected chi connectivity index (χ4v) is 3.00. The lowest BCUT2D eigenvalue weighted by Crippen LogP contribution is -2.36. The van der Waals surface area contributed by atoms with Crippen molar-refractivity contribution >= 4 is 5.78 Å². The van der Waals surface area contributed by atoms with Gasteiger partial charge in [0.1, 0.15) is 6.10 Å². The van der Waals surface area contributed by atoms with Crippen LogP contribution in [-0.4, -0.2) is 39.8 Å². The van der Waals surface area contributed by atoms with E-state index in [9.17, 15) is 4.79 Å². The average Bonchev–Trinajstić information content (AvgIpc) is 3.08. The zero-order valence-electron chi connectivity index (χ0n) is 17.1. The van der Waals surface area contributed by atoms with E-state index < -0.39 is 12.4 Å². The number of aryl methyl sites for hydroxylation is 1. The Morgan fingerprint density at radius 1 is 1.22 bits per heavy atom. The van der Waals surface area contributed by atoms with Gasteiger partial charge >= 0.3 is 0 Å². The largest absolute Gasteiger partial charge is 0.349 e. The van der Waals surface area contributed by atoms with Gasteiger partial charge in [-0.2, -0.15) is 0 Å². The molecule has 0 aliphatic carbocycles. The van der Waals surface area contributed by atoms with Gasteiger partial charge in [-0.1, -0.05) is 58.1 Å². The van der Waals surface area contributed by atoms with E-state index in [0.717, 1.165) is 25.0 Å². The van der Waals surface area contributed by atoms with Gasteiger partial charge in [-0.3, -0.25) is 4.79 Å². The summed E-state index contributed by atoms with van der Waals surface area (Å²) in [4.78, 5) is 12.1. The van der Waals surface area contributed by atoms with Crippen molar-refractivity contribution in [3.63, 3.8) is 0 Å². The standard InChI is InChI=1S/C21H35N3O3/c1-4-5-6-7-8-9-10-18-15-24(23-22-18)16-20-19(25)11-12-21(27-20)26-14-13-17(2)3/h11-12,15,17,20-21H,4-10,13-14,16H2,1-3H3/t20-,21+/m1/s1. The summed E-state index contributed by atoms with van der Waals surface area (Å²) in [7, 11) is 0. The minimum Gasteiger partial charge on any atom is -0.349 e. The molecule has 0 fully saturated rings. The molecular formula is C21H35N3O3. The third-order valence-corrected chi connectivity index (χ3v) is 4.74. The first kappa shape index (κ1) is 21.8. The van der Waals surface area contributed by atoms with Crippen LogP contribution in [-0.2, 0) is 27.2 Å². The fraction of sp³-hybridized carbons (Fsp3) is 0.762. The van der Waals surface area contributed by atoms with Crippen LogP contribution in [0, 0.1) is 5.92 Å². The molecule has 27 heavy (non-hydrogen) atoms.